The van der Waals surface area contributed by atoms with E-state index in [1.54, 1.807) is 0 Å². The number of rotatable bonds is 3. The number of hydrogen-bond acceptors (Lipinski definition) is 1. The first-order chi connectivity index (χ1) is 8.77. The average Bonchev–Trinajstić information content (AvgIpc) is 2.38. The van der Waals surface area contributed by atoms with Crippen LogP contribution >= 0.6 is 0 Å². The van der Waals surface area contributed by atoms with Crippen LogP contribution in [0.15, 0.2) is 59.6 Å². The molecule has 0 fully saturated rings. The molecule has 0 unspecified atom stereocenters. The highest BCUT2D eigenvalue weighted by atomic mass is 14.7. The fraction of sp³-hybridized carbons (Fsp3) is 0.118. The van der Waals surface area contributed by atoms with E-state index in [1.165, 1.54) is 16.7 Å². The van der Waals surface area contributed by atoms with Gasteiger partial charge in [0.15, 0.2) is 0 Å². The van der Waals surface area contributed by atoms with E-state index >= 15 is 0 Å². The third kappa shape index (κ3) is 3.17. The van der Waals surface area contributed by atoms with Crippen LogP contribution in [0.2, 0.25) is 0 Å². The van der Waals surface area contributed by atoms with Gasteiger partial charge >= 0.3 is 0 Å². The Morgan fingerprint density at radius 3 is 2.17 bits per heavy atom. The normalized spacial score (nSPS) is 11.4. The van der Waals surface area contributed by atoms with Crippen molar-refractivity contribution in [3.8, 4) is 0 Å². The zero-order chi connectivity index (χ0) is 12.8. The van der Waals surface area contributed by atoms with Crippen molar-refractivity contribution in [2.24, 2.45) is 4.99 Å². The van der Waals surface area contributed by atoms with Crippen molar-refractivity contribution in [1.29, 1.82) is 0 Å². The van der Waals surface area contributed by atoms with Crippen LogP contribution < -0.4 is 0 Å². The summed E-state index contributed by atoms with van der Waals surface area (Å²) in [6, 6.07) is 16.4. The molecule has 0 atom stereocenters. The lowest BCUT2D eigenvalue weighted by Gasteiger charge is -2.02. The molecule has 0 aliphatic carbocycles. The fourth-order valence-electron chi connectivity index (χ4n) is 1.85. The minimum Gasteiger partial charge on any atom is -0.256 e. The van der Waals surface area contributed by atoms with Crippen LogP contribution in [0.3, 0.4) is 0 Å². The molecule has 2 aromatic rings. The van der Waals surface area contributed by atoms with Gasteiger partial charge in [-0.15, -0.1) is 0 Å². The molecule has 2 aromatic carbocycles. The summed E-state index contributed by atoms with van der Waals surface area (Å²) >= 11 is 0. The van der Waals surface area contributed by atoms with E-state index in [0.717, 1.165) is 5.69 Å². The standard InChI is InChI=1S/C17H17N/c1-14-8-6-9-15(2)17(14)18-13-7-12-16-10-4-3-5-11-16/h3-13H,1-2H3/b12-7+,18-13?. The van der Waals surface area contributed by atoms with Gasteiger partial charge in [0.25, 0.3) is 0 Å². The second-order valence-electron chi connectivity index (χ2n) is 4.29. The Labute approximate surface area is 109 Å². The Kier molecular flexibility index (Phi) is 4.08. The fourth-order valence-corrected chi connectivity index (χ4v) is 1.85. The predicted molar refractivity (Wildman–Crippen MR) is 79.5 cm³/mol. The molecule has 18 heavy (non-hydrogen) atoms. The van der Waals surface area contributed by atoms with E-state index in [-0.39, 0.29) is 0 Å². The molecule has 90 valence electrons. The molecule has 0 spiro atoms. The summed E-state index contributed by atoms with van der Waals surface area (Å²) in [5.41, 5.74) is 4.67. The Balaban J connectivity index is 2.11. The van der Waals surface area contributed by atoms with Crippen LogP contribution in [0.1, 0.15) is 16.7 Å². The number of allylic oxidation sites excluding steroid dienone is 1. The quantitative estimate of drug-likeness (QED) is 0.683. The van der Waals surface area contributed by atoms with Crippen molar-refractivity contribution in [3.63, 3.8) is 0 Å². The molecule has 0 radical (unpaired) electrons. The summed E-state index contributed by atoms with van der Waals surface area (Å²) in [6.07, 6.45) is 5.88. The van der Waals surface area contributed by atoms with E-state index in [9.17, 15) is 0 Å². The number of hydrogen-bond donors (Lipinski definition) is 0. The summed E-state index contributed by atoms with van der Waals surface area (Å²) in [5, 5.41) is 0. The molecule has 0 bridgehead atoms. The molecule has 1 nitrogen and oxygen atoms in total. The van der Waals surface area contributed by atoms with Gasteiger partial charge in [-0.05, 0) is 36.6 Å². The van der Waals surface area contributed by atoms with Crippen LogP contribution in [0.5, 0.6) is 0 Å². The molecule has 0 heterocycles. The molecule has 0 saturated carbocycles. The average molecular weight is 235 g/mol. The molecule has 0 aromatic heterocycles. The smallest absolute Gasteiger partial charge is 0.0687 e. The molecular weight excluding hydrogens is 218 g/mol. The first kappa shape index (κ1) is 12.3. The van der Waals surface area contributed by atoms with Crippen LogP contribution in [-0.4, -0.2) is 6.21 Å². The first-order valence-electron chi connectivity index (χ1n) is 6.09. The Morgan fingerprint density at radius 1 is 0.833 bits per heavy atom. The van der Waals surface area contributed by atoms with E-state index in [1.807, 2.05) is 30.5 Å². The summed E-state index contributed by atoms with van der Waals surface area (Å²) < 4.78 is 0. The SMILES string of the molecule is Cc1cccc(C)c1N=C/C=C/c1ccccc1. The van der Waals surface area contributed by atoms with Gasteiger partial charge < -0.3 is 0 Å². The van der Waals surface area contributed by atoms with Gasteiger partial charge in [-0.2, -0.15) is 0 Å². The number of para-hydroxylation sites is 1. The van der Waals surface area contributed by atoms with Gasteiger partial charge in [-0.1, -0.05) is 54.6 Å². The van der Waals surface area contributed by atoms with Gasteiger partial charge in [-0.3, -0.25) is 4.99 Å². The molecular formula is C17H17N. The molecule has 0 aliphatic rings. The van der Waals surface area contributed by atoms with Gasteiger partial charge in [-0.25, -0.2) is 0 Å². The minimum absolute atomic E-state index is 1.07. The lowest BCUT2D eigenvalue weighted by atomic mass is 10.1. The Morgan fingerprint density at radius 2 is 1.50 bits per heavy atom. The van der Waals surface area contributed by atoms with E-state index < -0.39 is 0 Å². The zero-order valence-corrected chi connectivity index (χ0v) is 10.8. The highest BCUT2D eigenvalue weighted by Gasteiger charge is 1.97. The lowest BCUT2D eigenvalue weighted by Crippen LogP contribution is -1.79. The second-order valence-corrected chi connectivity index (χ2v) is 4.29. The van der Waals surface area contributed by atoms with Gasteiger partial charge in [0.2, 0.25) is 0 Å². The number of benzene rings is 2. The van der Waals surface area contributed by atoms with Crippen molar-refractivity contribution in [2.75, 3.05) is 0 Å². The third-order valence-corrected chi connectivity index (χ3v) is 2.82. The maximum absolute atomic E-state index is 4.51. The number of nitrogens with zero attached hydrogens (tertiary/aromatic N) is 1. The minimum atomic E-state index is 1.07. The number of aryl methyl sites for hydroxylation is 2. The molecule has 2 rings (SSSR count). The van der Waals surface area contributed by atoms with E-state index in [2.05, 4.69) is 55.2 Å². The highest BCUT2D eigenvalue weighted by Crippen LogP contribution is 2.22. The van der Waals surface area contributed by atoms with Gasteiger partial charge in [0.1, 0.15) is 0 Å². The zero-order valence-electron chi connectivity index (χ0n) is 10.8. The topological polar surface area (TPSA) is 12.4 Å². The van der Waals surface area contributed by atoms with E-state index in [4.69, 9.17) is 0 Å². The highest BCUT2D eigenvalue weighted by molar-refractivity contribution is 5.81. The molecule has 0 N–H and O–H groups in total. The third-order valence-electron chi connectivity index (χ3n) is 2.82. The first-order valence-corrected chi connectivity index (χ1v) is 6.09. The maximum Gasteiger partial charge on any atom is 0.0687 e. The summed E-state index contributed by atoms with van der Waals surface area (Å²) in [4.78, 5) is 4.51. The van der Waals surface area contributed by atoms with Crippen molar-refractivity contribution >= 4 is 18.0 Å². The van der Waals surface area contributed by atoms with E-state index in [0.29, 0.717) is 0 Å². The monoisotopic (exact) mass is 235 g/mol. The van der Waals surface area contributed by atoms with Crippen molar-refractivity contribution in [2.45, 2.75) is 13.8 Å². The maximum atomic E-state index is 4.51. The van der Waals surface area contributed by atoms with Gasteiger partial charge in [0.05, 0.1) is 5.69 Å². The number of aliphatic imine (C=N–C) groups is 1. The van der Waals surface area contributed by atoms with Crippen molar-refractivity contribution in [3.05, 3.63) is 71.3 Å². The molecule has 0 saturated heterocycles. The predicted octanol–water partition coefficient (Wildman–Crippen LogP) is 4.72. The largest absolute Gasteiger partial charge is 0.256 e. The summed E-state index contributed by atoms with van der Waals surface area (Å²) in [6.45, 7) is 4.17. The summed E-state index contributed by atoms with van der Waals surface area (Å²) in [7, 11) is 0. The van der Waals surface area contributed by atoms with Crippen LogP contribution in [0.25, 0.3) is 6.08 Å². The van der Waals surface area contributed by atoms with Gasteiger partial charge in [0, 0.05) is 6.21 Å². The van der Waals surface area contributed by atoms with Crippen LogP contribution in [0, 0.1) is 13.8 Å². The van der Waals surface area contributed by atoms with Crippen molar-refractivity contribution in [1.82, 2.24) is 0 Å². The van der Waals surface area contributed by atoms with Crippen LogP contribution in [0.4, 0.5) is 5.69 Å². The summed E-state index contributed by atoms with van der Waals surface area (Å²) in [5.74, 6) is 0. The molecule has 1 heteroatoms. The van der Waals surface area contributed by atoms with Crippen LogP contribution in [-0.2, 0) is 0 Å². The second kappa shape index (κ2) is 5.97. The molecule has 0 amide bonds. The molecule has 0 aliphatic heterocycles. The Bertz CT molecular complexity index is 545. The van der Waals surface area contributed by atoms with Crippen molar-refractivity contribution < 1.29 is 0 Å². The Hall–Kier alpha value is -2.15. The lowest BCUT2D eigenvalue weighted by molar-refractivity contribution is 1.33.